The van der Waals surface area contributed by atoms with Gasteiger partial charge in [0.1, 0.15) is 11.5 Å². The molecule has 1 aliphatic heterocycles. The lowest BCUT2D eigenvalue weighted by Crippen LogP contribution is -2.36. The van der Waals surface area contributed by atoms with Crippen molar-refractivity contribution >= 4 is 11.7 Å². The first-order valence-corrected chi connectivity index (χ1v) is 8.32. The zero-order chi connectivity index (χ0) is 16.8. The molecule has 24 heavy (non-hydrogen) atoms. The topological polar surface area (TPSA) is 67.4 Å². The minimum absolute atomic E-state index is 0.142. The molecule has 0 saturated carbocycles. The number of aromatic nitrogens is 2. The quantitative estimate of drug-likeness (QED) is 0.911. The molecule has 0 unspecified atom stereocenters. The predicted molar refractivity (Wildman–Crippen MR) is 93.1 cm³/mol. The molecule has 1 aliphatic rings. The Morgan fingerprint density at radius 3 is 2.79 bits per heavy atom. The van der Waals surface area contributed by atoms with Crippen molar-refractivity contribution in [2.45, 2.75) is 13.3 Å². The second kappa shape index (κ2) is 7.88. The lowest BCUT2D eigenvalue weighted by molar-refractivity contribution is 0.0949. The average Bonchev–Trinajstić information content (AvgIpc) is 2.67. The van der Waals surface area contributed by atoms with Crippen LogP contribution in [0.4, 0.5) is 5.82 Å². The molecule has 0 spiro atoms. The van der Waals surface area contributed by atoms with E-state index in [1.54, 1.807) is 12.3 Å². The maximum Gasteiger partial charge on any atom is 0.269 e. The van der Waals surface area contributed by atoms with Crippen LogP contribution in [0, 0.1) is 0 Å². The molecular formula is C18H22N4O2. The van der Waals surface area contributed by atoms with Gasteiger partial charge in [0.25, 0.3) is 5.91 Å². The van der Waals surface area contributed by atoms with E-state index in [2.05, 4.69) is 20.2 Å². The molecule has 126 valence electrons. The predicted octanol–water partition coefficient (Wildman–Crippen LogP) is 2.12. The molecule has 6 heteroatoms. The number of rotatable bonds is 5. The Labute approximate surface area is 141 Å². The van der Waals surface area contributed by atoms with Crippen molar-refractivity contribution < 1.29 is 9.53 Å². The number of hydrogen-bond donors (Lipinski definition) is 1. The molecule has 6 nitrogen and oxygen atoms in total. The highest BCUT2D eigenvalue weighted by atomic mass is 16.5. The molecule has 0 aromatic carbocycles. The van der Waals surface area contributed by atoms with Gasteiger partial charge in [0.2, 0.25) is 0 Å². The Morgan fingerprint density at radius 1 is 1.25 bits per heavy atom. The first kappa shape index (κ1) is 16.4. The maximum absolute atomic E-state index is 12.0. The summed E-state index contributed by atoms with van der Waals surface area (Å²) in [6, 6.07) is 9.45. The molecule has 1 N–H and O–H groups in total. The Bertz CT molecular complexity index is 682. The minimum atomic E-state index is -0.142. The van der Waals surface area contributed by atoms with E-state index < -0.39 is 0 Å². The van der Waals surface area contributed by atoms with Crippen molar-refractivity contribution in [3.8, 4) is 11.3 Å². The molecule has 0 radical (unpaired) electrons. The number of amides is 1. The number of ether oxygens (including phenoxy) is 1. The van der Waals surface area contributed by atoms with Crippen LogP contribution in [0.25, 0.3) is 11.3 Å². The van der Waals surface area contributed by atoms with E-state index in [1.165, 1.54) is 0 Å². The van der Waals surface area contributed by atoms with E-state index in [-0.39, 0.29) is 5.91 Å². The fraction of sp³-hybridized carbons (Fsp3) is 0.389. The Kier molecular flexibility index (Phi) is 5.38. The number of morpholine rings is 1. The third-order valence-corrected chi connectivity index (χ3v) is 3.90. The smallest absolute Gasteiger partial charge is 0.269 e. The Morgan fingerprint density at radius 2 is 2.08 bits per heavy atom. The second-order valence-electron chi connectivity index (χ2n) is 5.67. The van der Waals surface area contributed by atoms with Gasteiger partial charge >= 0.3 is 0 Å². The first-order chi connectivity index (χ1) is 11.8. The van der Waals surface area contributed by atoms with Gasteiger partial charge in [0.15, 0.2) is 0 Å². The minimum Gasteiger partial charge on any atom is -0.378 e. The van der Waals surface area contributed by atoms with Gasteiger partial charge in [-0.15, -0.1) is 0 Å². The summed E-state index contributed by atoms with van der Waals surface area (Å²) >= 11 is 0. The Balaban J connectivity index is 1.75. The van der Waals surface area contributed by atoms with Gasteiger partial charge in [0.05, 0.1) is 18.9 Å². The number of carbonyl (C=O) groups is 1. The molecule has 0 bridgehead atoms. The van der Waals surface area contributed by atoms with E-state index in [4.69, 9.17) is 4.74 Å². The summed E-state index contributed by atoms with van der Waals surface area (Å²) in [5.41, 5.74) is 2.08. The van der Waals surface area contributed by atoms with Gasteiger partial charge < -0.3 is 15.0 Å². The third-order valence-electron chi connectivity index (χ3n) is 3.90. The van der Waals surface area contributed by atoms with E-state index >= 15 is 0 Å². The van der Waals surface area contributed by atoms with Crippen LogP contribution in [0.1, 0.15) is 23.8 Å². The monoisotopic (exact) mass is 326 g/mol. The van der Waals surface area contributed by atoms with Crippen LogP contribution in [0.2, 0.25) is 0 Å². The molecular weight excluding hydrogens is 304 g/mol. The molecule has 2 aromatic heterocycles. The van der Waals surface area contributed by atoms with Crippen molar-refractivity contribution in [2.24, 2.45) is 0 Å². The number of pyridine rings is 2. The summed E-state index contributed by atoms with van der Waals surface area (Å²) in [7, 11) is 0. The first-order valence-electron chi connectivity index (χ1n) is 8.32. The SMILES string of the molecule is CCCNC(=O)c1cccc(-c2ccc(N3CCOCC3)nc2)n1. The molecule has 1 amide bonds. The van der Waals surface area contributed by atoms with Gasteiger partial charge in [-0.05, 0) is 30.7 Å². The lowest BCUT2D eigenvalue weighted by Gasteiger charge is -2.27. The normalized spacial score (nSPS) is 14.5. The van der Waals surface area contributed by atoms with Crippen molar-refractivity contribution in [3.05, 3.63) is 42.2 Å². The van der Waals surface area contributed by atoms with E-state index in [9.17, 15) is 4.79 Å². The summed E-state index contributed by atoms with van der Waals surface area (Å²) in [6.45, 7) is 5.86. The third kappa shape index (κ3) is 3.89. The molecule has 0 aliphatic carbocycles. The average molecular weight is 326 g/mol. The van der Waals surface area contributed by atoms with Crippen molar-refractivity contribution in [1.82, 2.24) is 15.3 Å². The van der Waals surface area contributed by atoms with Crippen LogP contribution < -0.4 is 10.2 Å². The zero-order valence-corrected chi connectivity index (χ0v) is 13.9. The molecule has 1 saturated heterocycles. The molecule has 3 rings (SSSR count). The fourth-order valence-corrected chi connectivity index (χ4v) is 2.57. The number of nitrogens with one attached hydrogen (secondary N) is 1. The largest absolute Gasteiger partial charge is 0.378 e. The number of nitrogens with zero attached hydrogens (tertiary/aromatic N) is 3. The highest BCUT2D eigenvalue weighted by Gasteiger charge is 2.13. The van der Waals surface area contributed by atoms with Crippen LogP contribution in [0.5, 0.6) is 0 Å². The van der Waals surface area contributed by atoms with Crippen LogP contribution in [0.3, 0.4) is 0 Å². The van der Waals surface area contributed by atoms with Crippen LogP contribution in [-0.4, -0.2) is 48.7 Å². The van der Waals surface area contributed by atoms with Crippen LogP contribution >= 0.6 is 0 Å². The Hall–Kier alpha value is -2.47. The molecule has 3 heterocycles. The van der Waals surface area contributed by atoms with Crippen LogP contribution in [-0.2, 0) is 4.74 Å². The van der Waals surface area contributed by atoms with E-state index in [1.807, 2.05) is 31.2 Å². The van der Waals surface area contributed by atoms with Gasteiger partial charge in [-0.1, -0.05) is 13.0 Å². The van der Waals surface area contributed by atoms with Crippen molar-refractivity contribution in [2.75, 3.05) is 37.7 Å². The van der Waals surface area contributed by atoms with E-state index in [0.717, 1.165) is 49.8 Å². The van der Waals surface area contributed by atoms with Gasteiger partial charge in [-0.2, -0.15) is 0 Å². The molecule has 0 atom stereocenters. The van der Waals surface area contributed by atoms with Gasteiger partial charge in [-0.3, -0.25) is 4.79 Å². The summed E-state index contributed by atoms with van der Waals surface area (Å²) < 4.78 is 5.36. The fourth-order valence-electron chi connectivity index (χ4n) is 2.57. The number of hydrogen-bond acceptors (Lipinski definition) is 5. The van der Waals surface area contributed by atoms with Crippen molar-refractivity contribution in [1.29, 1.82) is 0 Å². The zero-order valence-electron chi connectivity index (χ0n) is 13.9. The van der Waals surface area contributed by atoms with Gasteiger partial charge in [0, 0.05) is 31.4 Å². The van der Waals surface area contributed by atoms with E-state index in [0.29, 0.717) is 12.2 Å². The summed E-state index contributed by atoms with van der Waals surface area (Å²) in [5, 5.41) is 2.84. The highest BCUT2D eigenvalue weighted by molar-refractivity contribution is 5.92. The second-order valence-corrected chi connectivity index (χ2v) is 5.67. The highest BCUT2D eigenvalue weighted by Crippen LogP contribution is 2.20. The van der Waals surface area contributed by atoms with Crippen molar-refractivity contribution in [3.63, 3.8) is 0 Å². The lowest BCUT2D eigenvalue weighted by atomic mass is 10.1. The number of carbonyl (C=O) groups excluding carboxylic acids is 1. The molecule has 2 aromatic rings. The standard InChI is InChI=1S/C18H22N4O2/c1-2-8-19-18(23)16-5-3-4-15(21-16)14-6-7-17(20-13-14)22-9-11-24-12-10-22/h3-7,13H,2,8-12H2,1H3,(H,19,23). The summed E-state index contributed by atoms with van der Waals surface area (Å²) in [5.74, 6) is 0.801. The summed E-state index contributed by atoms with van der Waals surface area (Å²) in [4.78, 5) is 23.2. The summed E-state index contributed by atoms with van der Waals surface area (Å²) in [6.07, 6.45) is 2.71. The van der Waals surface area contributed by atoms with Crippen LogP contribution in [0.15, 0.2) is 36.5 Å². The van der Waals surface area contributed by atoms with Gasteiger partial charge in [-0.25, -0.2) is 9.97 Å². The molecule has 1 fully saturated rings. The maximum atomic E-state index is 12.0. The number of anilines is 1.